The van der Waals surface area contributed by atoms with E-state index in [0.717, 1.165) is 5.75 Å². The maximum atomic E-state index is 12.1. The number of esters is 1. The summed E-state index contributed by atoms with van der Waals surface area (Å²) in [5.74, 6) is 1.16. The molecule has 0 N–H and O–H groups in total. The first-order valence-electron chi connectivity index (χ1n) is 6.12. The molecule has 1 rings (SSSR count). The second-order valence-electron chi connectivity index (χ2n) is 5.23. The first kappa shape index (κ1) is 16.4. The van der Waals surface area contributed by atoms with Gasteiger partial charge in [-0.2, -0.15) is 11.8 Å². The van der Waals surface area contributed by atoms with Crippen LogP contribution in [0.25, 0.3) is 0 Å². The molecule has 1 aliphatic rings. The van der Waals surface area contributed by atoms with Crippen LogP contribution in [-0.4, -0.2) is 52.7 Å². The van der Waals surface area contributed by atoms with Crippen LogP contribution in [-0.2, 0) is 14.3 Å². The second-order valence-corrected chi connectivity index (χ2v) is 6.60. The Bertz CT molecular complexity index is 332. The van der Waals surface area contributed by atoms with Crippen LogP contribution in [0.4, 0.5) is 4.79 Å². The van der Waals surface area contributed by atoms with Crippen molar-refractivity contribution in [3.8, 4) is 0 Å². The number of halogens is 1. The van der Waals surface area contributed by atoms with Crippen LogP contribution in [0.15, 0.2) is 0 Å². The lowest BCUT2D eigenvalue weighted by molar-refractivity contribution is -0.142. The van der Waals surface area contributed by atoms with Crippen molar-refractivity contribution in [2.24, 2.45) is 0 Å². The van der Waals surface area contributed by atoms with Crippen LogP contribution < -0.4 is 0 Å². The Morgan fingerprint density at radius 2 is 2.11 bits per heavy atom. The highest BCUT2D eigenvalue weighted by Crippen LogP contribution is 2.22. The number of alkyl halides is 1. The number of carbonyl (C=O) groups excluding carboxylic acids is 2. The molecule has 0 saturated carbocycles. The maximum Gasteiger partial charge on any atom is 0.410 e. The van der Waals surface area contributed by atoms with Crippen molar-refractivity contribution in [2.75, 3.05) is 24.1 Å². The van der Waals surface area contributed by atoms with Gasteiger partial charge in [0.15, 0.2) is 6.07 Å². The SMILES string of the molecule is CC(C)(C)OC(=O)N1CCSCC1CC(=O)OCCl. The van der Waals surface area contributed by atoms with Crippen LogP contribution in [0.1, 0.15) is 27.2 Å². The second kappa shape index (κ2) is 7.24. The highest BCUT2D eigenvalue weighted by Gasteiger charge is 2.32. The molecular weight excluding hydrogens is 290 g/mol. The van der Waals surface area contributed by atoms with E-state index in [4.69, 9.17) is 21.1 Å². The average Bonchev–Trinajstić information content (AvgIpc) is 2.27. The Kier molecular flexibility index (Phi) is 6.26. The van der Waals surface area contributed by atoms with Crippen LogP contribution in [0.2, 0.25) is 0 Å². The summed E-state index contributed by atoms with van der Waals surface area (Å²) in [7, 11) is 0. The number of hydrogen-bond acceptors (Lipinski definition) is 5. The van der Waals surface area contributed by atoms with Gasteiger partial charge in [-0.15, -0.1) is 0 Å². The van der Waals surface area contributed by atoms with Gasteiger partial charge in [-0.25, -0.2) is 4.79 Å². The number of ether oxygens (including phenoxy) is 2. The lowest BCUT2D eigenvalue weighted by Gasteiger charge is -2.35. The van der Waals surface area contributed by atoms with Gasteiger partial charge in [-0.3, -0.25) is 4.79 Å². The van der Waals surface area contributed by atoms with Crippen molar-refractivity contribution in [2.45, 2.75) is 38.8 Å². The van der Waals surface area contributed by atoms with Gasteiger partial charge in [0.05, 0.1) is 12.5 Å². The zero-order valence-corrected chi connectivity index (χ0v) is 13.1. The van der Waals surface area contributed by atoms with Crippen molar-refractivity contribution in [3.05, 3.63) is 0 Å². The lowest BCUT2D eigenvalue weighted by Crippen LogP contribution is -2.49. The van der Waals surface area contributed by atoms with Gasteiger partial charge in [-0.05, 0) is 20.8 Å². The molecule has 19 heavy (non-hydrogen) atoms. The summed E-state index contributed by atoms with van der Waals surface area (Å²) in [6, 6.07) is -0.352. The number of thioether (sulfide) groups is 1. The summed E-state index contributed by atoms with van der Waals surface area (Å²) in [6.07, 6.45) is -0.227. The third kappa shape index (κ3) is 5.91. The number of carbonyl (C=O) groups is 2. The molecule has 1 saturated heterocycles. The zero-order valence-electron chi connectivity index (χ0n) is 11.5. The summed E-state index contributed by atoms with van der Waals surface area (Å²) in [5, 5.41) is 0. The van der Waals surface area contributed by atoms with E-state index in [-0.39, 0.29) is 24.6 Å². The maximum absolute atomic E-state index is 12.1. The van der Waals surface area contributed by atoms with E-state index in [1.54, 1.807) is 16.7 Å². The molecule has 1 unspecified atom stereocenters. The average molecular weight is 310 g/mol. The predicted octanol–water partition coefficient (Wildman–Crippen LogP) is 2.47. The zero-order chi connectivity index (χ0) is 14.5. The molecular formula is C12H20ClNO4S. The van der Waals surface area contributed by atoms with E-state index in [1.807, 2.05) is 20.8 Å². The highest BCUT2D eigenvalue weighted by molar-refractivity contribution is 7.99. The number of nitrogens with zero attached hydrogens (tertiary/aromatic N) is 1. The van der Waals surface area contributed by atoms with E-state index in [2.05, 4.69) is 0 Å². The van der Waals surface area contributed by atoms with E-state index >= 15 is 0 Å². The minimum Gasteiger partial charge on any atom is -0.449 e. The molecule has 1 fully saturated rings. The van der Waals surface area contributed by atoms with Crippen LogP contribution in [0, 0.1) is 0 Å². The molecule has 1 amide bonds. The molecule has 110 valence electrons. The van der Waals surface area contributed by atoms with Crippen molar-refractivity contribution >= 4 is 35.4 Å². The fourth-order valence-electron chi connectivity index (χ4n) is 1.70. The molecule has 0 aliphatic carbocycles. The molecule has 7 heteroatoms. The fourth-order valence-corrected chi connectivity index (χ4v) is 2.88. The molecule has 0 radical (unpaired) electrons. The number of amides is 1. The summed E-state index contributed by atoms with van der Waals surface area (Å²) in [6.45, 7) is 6.04. The first-order chi connectivity index (χ1) is 8.83. The smallest absolute Gasteiger partial charge is 0.410 e. The van der Waals surface area contributed by atoms with Crippen molar-refractivity contribution in [1.82, 2.24) is 4.90 Å². The minimum absolute atomic E-state index is 0.152. The van der Waals surface area contributed by atoms with Gasteiger partial charge in [0.2, 0.25) is 0 Å². The molecule has 0 aromatic rings. The molecule has 0 aromatic carbocycles. The Balaban J connectivity index is 2.61. The molecule has 1 atom stereocenters. The van der Waals surface area contributed by atoms with Crippen LogP contribution in [0.5, 0.6) is 0 Å². The van der Waals surface area contributed by atoms with Crippen molar-refractivity contribution in [3.63, 3.8) is 0 Å². The third-order valence-electron chi connectivity index (χ3n) is 2.47. The molecule has 0 spiro atoms. The van der Waals surface area contributed by atoms with E-state index in [9.17, 15) is 9.59 Å². The highest BCUT2D eigenvalue weighted by atomic mass is 35.5. The molecule has 5 nitrogen and oxygen atoms in total. The summed E-state index contributed by atoms with van der Waals surface area (Å²) < 4.78 is 10.1. The fraction of sp³-hybridized carbons (Fsp3) is 0.833. The number of hydrogen-bond donors (Lipinski definition) is 0. The van der Waals surface area contributed by atoms with Gasteiger partial charge in [-0.1, -0.05) is 11.6 Å². The summed E-state index contributed by atoms with van der Waals surface area (Å²) in [5.41, 5.74) is -0.539. The van der Waals surface area contributed by atoms with Gasteiger partial charge < -0.3 is 14.4 Å². The van der Waals surface area contributed by atoms with E-state index in [0.29, 0.717) is 12.3 Å². The van der Waals surface area contributed by atoms with Gasteiger partial charge in [0, 0.05) is 18.1 Å². The normalized spacial score (nSPS) is 20.0. The summed E-state index contributed by atoms with van der Waals surface area (Å²) >= 11 is 7.06. The molecule has 1 aliphatic heterocycles. The number of rotatable bonds is 3. The first-order valence-corrected chi connectivity index (χ1v) is 7.81. The Morgan fingerprint density at radius 3 is 2.68 bits per heavy atom. The Labute approximate surface area is 122 Å². The van der Waals surface area contributed by atoms with Gasteiger partial charge in [0.1, 0.15) is 5.60 Å². The van der Waals surface area contributed by atoms with Crippen molar-refractivity contribution < 1.29 is 19.1 Å². The quantitative estimate of drug-likeness (QED) is 0.592. The van der Waals surface area contributed by atoms with Crippen molar-refractivity contribution in [1.29, 1.82) is 0 Å². The monoisotopic (exact) mass is 309 g/mol. The van der Waals surface area contributed by atoms with Crippen LogP contribution in [0.3, 0.4) is 0 Å². The van der Waals surface area contributed by atoms with E-state index in [1.165, 1.54) is 0 Å². The minimum atomic E-state index is -0.539. The lowest BCUT2D eigenvalue weighted by atomic mass is 10.2. The molecule has 0 aromatic heterocycles. The Morgan fingerprint density at radius 1 is 1.42 bits per heavy atom. The molecule has 1 heterocycles. The van der Waals surface area contributed by atoms with Gasteiger partial charge in [0.25, 0.3) is 0 Å². The third-order valence-corrected chi connectivity index (χ3v) is 3.67. The predicted molar refractivity (Wildman–Crippen MR) is 75.5 cm³/mol. The molecule has 0 bridgehead atoms. The standard InChI is InChI=1S/C12H20ClNO4S/c1-12(2,3)18-11(16)14-4-5-19-7-9(14)6-10(15)17-8-13/h9H,4-8H2,1-3H3. The summed E-state index contributed by atoms with van der Waals surface area (Å²) in [4.78, 5) is 25.2. The van der Waals surface area contributed by atoms with E-state index < -0.39 is 11.6 Å². The topological polar surface area (TPSA) is 55.8 Å². The van der Waals surface area contributed by atoms with Crippen LogP contribution >= 0.6 is 23.4 Å². The largest absolute Gasteiger partial charge is 0.449 e. The van der Waals surface area contributed by atoms with Gasteiger partial charge >= 0.3 is 12.1 Å². The Hall–Kier alpha value is -0.620.